The van der Waals surface area contributed by atoms with Gasteiger partial charge < -0.3 is 90.3 Å². The highest BCUT2D eigenvalue weighted by molar-refractivity contribution is 9.09. The Kier molecular flexibility index (Phi) is 24.0. The van der Waals surface area contributed by atoms with Crippen molar-refractivity contribution in [3.8, 4) is 17.2 Å². The lowest BCUT2D eigenvalue weighted by atomic mass is 9.72. The molecule has 3 fully saturated rings. The van der Waals surface area contributed by atoms with E-state index >= 15 is 0 Å². The fraction of sp³-hybridized carbons (Fsp3) is 0.541. The molecular weight excluding hydrogens is 1340 g/mol. The van der Waals surface area contributed by atoms with E-state index in [1.807, 2.05) is 6.92 Å². The van der Waals surface area contributed by atoms with Gasteiger partial charge in [-0.15, -0.1) is 0 Å². The van der Waals surface area contributed by atoms with Crippen LogP contribution in [0, 0.1) is 0 Å². The Morgan fingerprint density at radius 1 is 0.804 bits per heavy atom. The third-order valence-corrected chi connectivity index (χ3v) is 17.4. The number of nitrogens with zero attached hydrogens (tertiary/aromatic N) is 3. The van der Waals surface area contributed by atoms with E-state index in [4.69, 9.17) is 48.4 Å². The Labute approximate surface area is 545 Å². The second kappa shape index (κ2) is 31.8. The zero-order valence-electron chi connectivity index (χ0n) is 50.9. The fourth-order valence-electron chi connectivity index (χ4n) is 11.8. The lowest BCUT2D eigenvalue weighted by Crippen LogP contribution is -2.55. The number of nitrogens with two attached hydrogens (primary N) is 1. The van der Waals surface area contributed by atoms with Gasteiger partial charge in [0.05, 0.1) is 131 Å². The summed E-state index contributed by atoms with van der Waals surface area (Å²) in [4.78, 5) is 118. The highest BCUT2D eigenvalue weighted by Gasteiger charge is 2.54. The number of methoxy groups -OCH3 is 1. The second-order valence-electron chi connectivity index (χ2n) is 22.5. The van der Waals surface area contributed by atoms with Gasteiger partial charge in [-0.1, -0.05) is 44.0 Å². The molecule has 3 aliphatic heterocycles. The quantitative estimate of drug-likeness (QED) is 0.0169. The number of hydrogen-bond donors (Lipinski definition) is 9. The van der Waals surface area contributed by atoms with Crippen molar-refractivity contribution >= 4 is 89.9 Å². The molecule has 10 N–H and O–H groups in total. The molecule has 6 amide bonds. The summed E-state index contributed by atoms with van der Waals surface area (Å²) >= 11 is 6.85. The van der Waals surface area contributed by atoms with E-state index in [1.54, 1.807) is 18.2 Å². The van der Waals surface area contributed by atoms with E-state index < -0.39 is 119 Å². The number of fused-ring (bicyclic) bond motifs is 7. The van der Waals surface area contributed by atoms with E-state index in [9.17, 15) is 53.7 Å². The number of hydrogen-bond acceptors (Lipinski definition) is 23. The van der Waals surface area contributed by atoms with Gasteiger partial charge in [0.1, 0.15) is 47.3 Å². The molecule has 0 unspecified atom stereocenters. The van der Waals surface area contributed by atoms with E-state index in [-0.39, 0.29) is 118 Å². The number of rotatable bonds is 31. The number of ether oxygens (including phenoxy) is 9. The first kappa shape index (κ1) is 69.5. The van der Waals surface area contributed by atoms with Crippen LogP contribution < -0.4 is 37.1 Å². The molecule has 0 spiro atoms. The van der Waals surface area contributed by atoms with Gasteiger partial charge in [0.15, 0.2) is 12.1 Å². The Morgan fingerprint density at radius 3 is 2.17 bits per heavy atom. The summed E-state index contributed by atoms with van der Waals surface area (Å²) in [7, 11) is 1.32. The van der Waals surface area contributed by atoms with E-state index in [2.05, 4.69) is 73.3 Å². The Balaban J connectivity index is 0.684. The van der Waals surface area contributed by atoms with E-state index in [0.29, 0.717) is 66.8 Å². The maximum atomic E-state index is 14.3. The third-order valence-electron chi connectivity index (χ3n) is 16.3. The van der Waals surface area contributed by atoms with Crippen molar-refractivity contribution in [3.63, 3.8) is 0 Å². The van der Waals surface area contributed by atoms with Gasteiger partial charge in [0.25, 0.3) is 11.8 Å². The minimum absolute atomic E-state index is 0.0547. The number of halogens is 2. The molecular formula is C61H75Br2N9O20. The number of nitrogens with one attached hydrogen (secondary N) is 5. The molecule has 1 aromatic heterocycles. The van der Waals surface area contributed by atoms with Crippen LogP contribution in [0.4, 0.5) is 0 Å². The van der Waals surface area contributed by atoms with Crippen molar-refractivity contribution in [2.75, 3.05) is 99.4 Å². The molecule has 9 atom stereocenters. The number of aromatic hydroxyl groups is 2. The molecule has 29 nitrogen and oxygen atoms in total. The van der Waals surface area contributed by atoms with Crippen molar-refractivity contribution in [1.29, 1.82) is 0 Å². The molecule has 498 valence electrons. The molecule has 5 aliphatic rings. The van der Waals surface area contributed by atoms with Crippen LogP contribution in [0.1, 0.15) is 110 Å². The molecule has 0 bridgehead atoms. The van der Waals surface area contributed by atoms with Crippen LogP contribution in [0.15, 0.2) is 36.4 Å². The number of ketones is 2. The lowest BCUT2D eigenvalue weighted by molar-refractivity contribution is -0.247. The monoisotopic (exact) mass is 1410 g/mol. The number of phenols is 2. The maximum Gasteiger partial charge on any atom is 0.252 e. The predicted molar refractivity (Wildman–Crippen MR) is 330 cm³/mol. The van der Waals surface area contributed by atoms with Gasteiger partial charge in [0.2, 0.25) is 29.4 Å². The van der Waals surface area contributed by atoms with Crippen LogP contribution in [0.3, 0.4) is 0 Å². The Hall–Kier alpha value is -6.88. The van der Waals surface area contributed by atoms with Gasteiger partial charge in [-0.3, -0.25) is 43.3 Å². The summed E-state index contributed by atoms with van der Waals surface area (Å²) in [5, 5.41) is 50.4. The SMILES string of the molecule is COc1cccc2c1C(=O)c1c(O)c3c(c(O)c1C2=O)C[C@@](O)(C(=O)NCCNC(=O)[C@H](C)NC(=O)[C@H](CC(N)=O)NC(=O)CCOCCOCCOCCOCCNC(=O)c1ccc2nc(CBr)c(CBr)nc2c1)C[C@@H]3O[C@H]1C[C@H]2[C@H](O[C@@H]3COCCN32)[C@H](C)O1. The number of alkyl halides is 2. The van der Waals surface area contributed by atoms with Crippen LogP contribution in [0.25, 0.3) is 11.0 Å². The highest BCUT2D eigenvalue weighted by Crippen LogP contribution is 2.53. The second-order valence-corrected chi connectivity index (χ2v) is 23.6. The lowest BCUT2D eigenvalue weighted by Gasteiger charge is -2.43. The van der Waals surface area contributed by atoms with Crippen LogP contribution in [0.2, 0.25) is 0 Å². The van der Waals surface area contributed by atoms with Crippen molar-refractivity contribution < 1.29 is 96.3 Å². The first-order chi connectivity index (χ1) is 44.2. The summed E-state index contributed by atoms with van der Waals surface area (Å²) < 4.78 is 52.2. The van der Waals surface area contributed by atoms with Gasteiger partial charge in [-0.2, -0.15) is 0 Å². The molecule has 92 heavy (non-hydrogen) atoms. The van der Waals surface area contributed by atoms with Crippen molar-refractivity contribution in [2.24, 2.45) is 5.73 Å². The van der Waals surface area contributed by atoms with Crippen molar-refractivity contribution in [1.82, 2.24) is 41.5 Å². The Morgan fingerprint density at radius 2 is 1.48 bits per heavy atom. The summed E-state index contributed by atoms with van der Waals surface area (Å²) in [6.07, 6.45) is -5.31. The third kappa shape index (κ3) is 16.2. The highest BCUT2D eigenvalue weighted by atomic mass is 79.9. The zero-order chi connectivity index (χ0) is 65.8. The van der Waals surface area contributed by atoms with E-state index in [0.717, 1.165) is 11.4 Å². The van der Waals surface area contributed by atoms with Crippen LogP contribution >= 0.6 is 31.9 Å². The van der Waals surface area contributed by atoms with Crippen molar-refractivity contribution in [2.45, 2.75) is 111 Å². The smallest absolute Gasteiger partial charge is 0.252 e. The number of benzene rings is 3. The maximum absolute atomic E-state index is 14.3. The number of primary amides is 1. The summed E-state index contributed by atoms with van der Waals surface area (Å²) in [6, 6.07) is 6.66. The molecule has 4 heterocycles. The van der Waals surface area contributed by atoms with Gasteiger partial charge in [-0.05, 0) is 38.1 Å². The molecule has 0 radical (unpaired) electrons. The van der Waals surface area contributed by atoms with Gasteiger partial charge >= 0.3 is 0 Å². The number of carbonyl (C=O) groups excluding carboxylic acids is 8. The Bertz CT molecular complexity index is 3420. The zero-order valence-corrected chi connectivity index (χ0v) is 54.1. The minimum Gasteiger partial charge on any atom is -0.507 e. The fourth-order valence-corrected chi connectivity index (χ4v) is 12.7. The van der Waals surface area contributed by atoms with Crippen molar-refractivity contribution in [3.05, 3.63) is 86.7 Å². The normalized spacial score (nSPS) is 22.2. The number of morpholine rings is 1. The number of aliphatic hydroxyl groups is 1. The summed E-state index contributed by atoms with van der Waals surface area (Å²) in [5.74, 6) is -7.40. The topological polar surface area (TPSA) is 396 Å². The summed E-state index contributed by atoms with van der Waals surface area (Å²) in [5.41, 5.74) is 4.80. The molecule has 0 saturated carbocycles. The molecule has 3 saturated heterocycles. The van der Waals surface area contributed by atoms with E-state index in [1.165, 1.54) is 32.2 Å². The first-order valence-electron chi connectivity index (χ1n) is 30.1. The number of amides is 6. The largest absolute Gasteiger partial charge is 0.507 e. The van der Waals surface area contributed by atoms with Crippen LogP contribution in [-0.2, 0) is 78.9 Å². The van der Waals surface area contributed by atoms with Gasteiger partial charge in [0, 0.05) is 90.8 Å². The standard InChI is InChI=1S/C61H75Br2N9O20/c1-31(68-59(81)38(24-44(64)73)71-45(74)9-14-85-17-19-87-21-22-88-20-18-86-15-12-66-58(80)33-7-8-36-37(23-33)70-40(29-63)39(28-62)69-36)57(79)65-10-11-67-60(82)61(83)26-35-49(43(27-61)91-47-25-41-56(32(2)90-47)92-46-30-89-16-13-72(41)46)55(78)51-50(53(35)76)52(75)34-5-4-6-42(84-3)48(34)54(51)77/h4-8,23,31-32,38,41,43,46-47,56,76,78,83H,9-22,24-30H2,1-3H3,(H2,64,73)(H,65,79)(H,66,80)(H,67,82)(H,68,81)(H,71,74)/t31-,32-,38-,41-,43-,46+,47-,56+,61-/m0/s1. The van der Waals surface area contributed by atoms with Gasteiger partial charge in [-0.25, -0.2) is 9.97 Å². The average molecular weight is 1410 g/mol. The number of phenolic OH excluding ortho intramolecular Hbond substituents is 2. The average Bonchev–Trinajstić information content (AvgIpc) is 0.833. The van der Waals surface area contributed by atoms with Crippen LogP contribution in [0.5, 0.6) is 17.2 Å². The molecule has 4 aromatic rings. The number of aromatic nitrogens is 2. The molecule has 31 heteroatoms. The predicted octanol–water partition coefficient (Wildman–Crippen LogP) is 0.894. The molecule has 3 aromatic carbocycles. The first-order valence-corrected chi connectivity index (χ1v) is 32.3. The summed E-state index contributed by atoms with van der Waals surface area (Å²) in [6.45, 7) is 6.05. The molecule has 2 aliphatic carbocycles. The minimum atomic E-state index is -2.39. The number of carbonyl (C=O) groups is 8. The molecule has 9 rings (SSSR count). The van der Waals surface area contributed by atoms with Crippen LogP contribution in [-0.4, -0.2) is 225 Å².